The summed E-state index contributed by atoms with van der Waals surface area (Å²) < 4.78 is 0.872. The van der Waals surface area contributed by atoms with E-state index in [-0.39, 0.29) is 11.8 Å². The van der Waals surface area contributed by atoms with E-state index < -0.39 is 6.17 Å². The molecular weight excluding hydrogens is 408 g/mol. The van der Waals surface area contributed by atoms with Crippen molar-refractivity contribution in [3.05, 3.63) is 94.2 Å². The number of halogens is 1. The highest BCUT2D eigenvalue weighted by atomic mass is 79.9. The summed E-state index contributed by atoms with van der Waals surface area (Å²) in [5.74, 6) is -0.658. The van der Waals surface area contributed by atoms with E-state index in [1.807, 2.05) is 18.2 Å². The van der Waals surface area contributed by atoms with E-state index in [0.717, 1.165) is 10.0 Å². The summed E-state index contributed by atoms with van der Waals surface area (Å²) in [5, 5.41) is 4.61. The number of carbonyl (C=O) groups is 2. The largest absolute Gasteiger partial charge is 0.359 e. The molecule has 1 aliphatic heterocycles. The molecule has 2 heterocycles. The van der Waals surface area contributed by atoms with E-state index in [1.165, 1.54) is 5.01 Å². The van der Waals surface area contributed by atoms with Crippen molar-refractivity contribution in [3.63, 3.8) is 0 Å². The van der Waals surface area contributed by atoms with Gasteiger partial charge in [-0.3, -0.25) is 20.0 Å². The third-order valence-electron chi connectivity index (χ3n) is 4.26. The van der Waals surface area contributed by atoms with Crippen LogP contribution < -0.4 is 10.7 Å². The number of aromatic nitrogens is 1. The molecule has 0 fully saturated rings. The van der Waals surface area contributed by atoms with E-state index in [9.17, 15) is 9.59 Å². The first kappa shape index (κ1) is 17.2. The number of nitrogens with zero attached hydrogens (tertiary/aromatic N) is 2. The standard InChI is InChI=1S/C20H15BrN4O2/c21-15-9-7-13(8-10-15)19(26)24-25-18(14-4-3-11-22-12-14)23-17-6-2-1-5-16(17)20(25)27/h1-12,18,23H,(H,24,26). The van der Waals surface area contributed by atoms with Crippen LogP contribution >= 0.6 is 15.9 Å². The van der Waals surface area contributed by atoms with Crippen LogP contribution in [-0.4, -0.2) is 21.8 Å². The number of benzene rings is 2. The van der Waals surface area contributed by atoms with Gasteiger partial charge >= 0.3 is 0 Å². The molecule has 0 aliphatic carbocycles. The maximum absolute atomic E-state index is 13.1. The minimum Gasteiger partial charge on any atom is -0.359 e. The number of para-hydroxylation sites is 1. The number of hydrazine groups is 1. The fourth-order valence-corrected chi connectivity index (χ4v) is 3.18. The van der Waals surface area contributed by atoms with Crippen molar-refractivity contribution in [2.75, 3.05) is 5.32 Å². The maximum atomic E-state index is 13.1. The minimum atomic E-state index is -0.569. The molecular formula is C20H15BrN4O2. The topological polar surface area (TPSA) is 74.3 Å². The van der Waals surface area contributed by atoms with Crippen LogP contribution in [0.2, 0.25) is 0 Å². The molecule has 2 amide bonds. The second-order valence-electron chi connectivity index (χ2n) is 6.00. The van der Waals surface area contributed by atoms with Gasteiger partial charge in [0.1, 0.15) is 6.17 Å². The maximum Gasteiger partial charge on any atom is 0.276 e. The molecule has 7 heteroatoms. The Morgan fingerprint density at radius 2 is 1.85 bits per heavy atom. The van der Waals surface area contributed by atoms with Gasteiger partial charge in [-0.1, -0.05) is 34.1 Å². The van der Waals surface area contributed by atoms with Gasteiger partial charge in [-0.05, 0) is 42.5 Å². The zero-order chi connectivity index (χ0) is 18.8. The van der Waals surface area contributed by atoms with Gasteiger partial charge in [0.15, 0.2) is 0 Å². The fourth-order valence-electron chi connectivity index (χ4n) is 2.91. The van der Waals surface area contributed by atoms with Gasteiger partial charge in [-0.2, -0.15) is 0 Å². The smallest absolute Gasteiger partial charge is 0.276 e. The average molecular weight is 423 g/mol. The van der Waals surface area contributed by atoms with Gasteiger partial charge in [0, 0.05) is 33.7 Å². The average Bonchev–Trinajstić information content (AvgIpc) is 2.71. The molecule has 0 radical (unpaired) electrons. The summed E-state index contributed by atoms with van der Waals surface area (Å²) in [6.45, 7) is 0. The molecule has 0 bridgehead atoms. The Morgan fingerprint density at radius 1 is 1.07 bits per heavy atom. The van der Waals surface area contributed by atoms with Crippen molar-refractivity contribution in [2.24, 2.45) is 0 Å². The van der Waals surface area contributed by atoms with Crippen LogP contribution in [-0.2, 0) is 0 Å². The fraction of sp³-hybridized carbons (Fsp3) is 0.0500. The number of carbonyl (C=O) groups excluding carboxylic acids is 2. The first-order valence-electron chi connectivity index (χ1n) is 8.29. The summed E-state index contributed by atoms with van der Waals surface area (Å²) in [5.41, 5.74) is 5.15. The van der Waals surface area contributed by atoms with Crippen molar-refractivity contribution >= 4 is 33.4 Å². The van der Waals surface area contributed by atoms with Gasteiger partial charge in [0.25, 0.3) is 11.8 Å². The molecule has 27 heavy (non-hydrogen) atoms. The SMILES string of the molecule is O=C(NN1C(=O)c2ccccc2NC1c1cccnc1)c1ccc(Br)cc1. The van der Waals surface area contributed by atoms with Crippen molar-refractivity contribution in [3.8, 4) is 0 Å². The van der Waals surface area contributed by atoms with Crippen molar-refractivity contribution < 1.29 is 9.59 Å². The summed E-state index contributed by atoms with van der Waals surface area (Å²) in [4.78, 5) is 29.9. The van der Waals surface area contributed by atoms with E-state index in [0.29, 0.717) is 16.8 Å². The molecule has 1 atom stereocenters. The second-order valence-corrected chi connectivity index (χ2v) is 6.92. The van der Waals surface area contributed by atoms with Crippen LogP contribution in [0.15, 0.2) is 77.5 Å². The Balaban J connectivity index is 1.69. The predicted molar refractivity (Wildman–Crippen MR) is 105 cm³/mol. The van der Waals surface area contributed by atoms with Gasteiger partial charge in [0.05, 0.1) is 5.56 Å². The number of hydrogen-bond acceptors (Lipinski definition) is 4. The van der Waals surface area contributed by atoms with Crippen molar-refractivity contribution in [2.45, 2.75) is 6.17 Å². The van der Waals surface area contributed by atoms with E-state index in [2.05, 4.69) is 31.7 Å². The van der Waals surface area contributed by atoms with Crippen LogP contribution in [0, 0.1) is 0 Å². The quantitative estimate of drug-likeness (QED) is 0.673. The Bertz CT molecular complexity index is 992. The monoisotopic (exact) mass is 422 g/mol. The highest BCUT2D eigenvalue weighted by Gasteiger charge is 2.34. The zero-order valence-electron chi connectivity index (χ0n) is 14.1. The molecule has 0 saturated carbocycles. The Morgan fingerprint density at radius 3 is 2.59 bits per heavy atom. The van der Waals surface area contributed by atoms with E-state index in [4.69, 9.17) is 0 Å². The zero-order valence-corrected chi connectivity index (χ0v) is 15.7. The molecule has 134 valence electrons. The number of anilines is 1. The Kier molecular flexibility index (Phi) is 4.60. The summed E-state index contributed by atoms with van der Waals surface area (Å²) in [6.07, 6.45) is 2.75. The number of rotatable bonds is 3. The first-order chi connectivity index (χ1) is 13.1. The van der Waals surface area contributed by atoms with Gasteiger partial charge in [-0.25, -0.2) is 5.01 Å². The Labute approximate surface area is 164 Å². The third-order valence-corrected chi connectivity index (χ3v) is 4.78. The molecule has 2 aromatic carbocycles. The van der Waals surface area contributed by atoms with Gasteiger partial charge in [-0.15, -0.1) is 0 Å². The van der Waals surface area contributed by atoms with Crippen LogP contribution in [0.1, 0.15) is 32.4 Å². The normalized spacial score (nSPS) is 15.7. The molecule has 1 aromatic heterocycles. The molecule has 3 aromatic rings. The molecule has 0 saturated heterocycles. The van der Waals surface area contributed by atoms with Gasteiger partial charge in [0.2, 0.25) is 0 Å². The lowest BCUT2D eigenvalue weighted by Crippen LogP contribution is -2.52. The molecule has 4 rings (SSSR count). The Hall–Kier alpha value is -3.19. The lowest BCUT2D eigenvalue weighted by Gasteiger charge is -2.37. The van der Waals surface area contributed by atoms with Crippen LogP contribution in [0.25, 0.3) is 0 Å². The highest BCUT2D eigenvalue weighted by molar-refractivity contribution is 9.10. The minimum absolute atomic E-state index is 0.288. The van der Waals surface area contributed by atoms with Crippen LogP contribution in [0.4, 0.5) is 5.69 Å². The highest BCUT2D eigenvalue weighted by Crippen LogP contribution is 2.31. The molecule has 1 unspecified atom stereocenters. The molecule has 0 spiro atoms. The molecule has 1 aliphatic rings. The molecule has 2 N–H and O–H groups in total. The van der Waals surface area contributed by atoms with E-state index in [1.54, 1.807) is 54.9 Å². The number of nitrogens with one attached hydrogen (secondary N) is 2. The predicted octanol–water partition coefficient (Wildman–Crippen LogP) is 3.76. The number of pyridine rings is 1. The van der Waals surface area contributed by atoms with Crippen molar-refractivity contribution in [1.29, 1.82) is 0 Å². The number of amides is 2. The number of hydrogen-bond donors (Lipinski definition) is 2. The number of fused-ring (bicyclic) bond motifs is 1. The van der Waals surface area contributed by atoms with Gasteiger partial charge < -0.3 is 5.32 Å². The molecule has 6 nitrogen and oxygen atoms in total. The van der Waals surface area contributed by atoms with Crippen molar-refractivity contribution in [1.82, 2.24) is 15.4 Å². The van der Waals surface area contributed by atoms with Crippen LogP contribution in [0.5, 0.6) is 0 Å². The lowest BCUT2D eigenvalue weighted by molar-refractivity contribution is 0.0490. The first-order valence-corrected chi connectivity index (χ1v) is 9.08. The summed E-state index contributed by atoms with van der Waals surface area (Å²) >= 11 is 3.35. The third kappa shape index (κ3) is 3.41. The summed E-state index contributed by atoms with van der Waals surface area (Å²) in [6, 6.07) is 17.8. The van der Waals surface area contributed by atoms with E-state index >= 15 is 0 Å². The lowest BCUT2D eigenvalue weighted by atomic mass is 10.1. The second kappa shape index (κ2) is 7.20. The summed E-state index contributed by atoms with van der Waals surface area (Å²) in [7, 11) is 0. The van der Waals surface area contributed by atoms with Crippen LogP contribution in [0.3, 0.4) is 0 Å².